The normalized spacial score (nSPS) is 21.4. The topological polar surface area (TPSA) is 49.9 Å². The minimum absolute atomic E-state index is 0.0751. The third kappa shape index (κ3) is 4.33. The molecular formula is C19H25ClN2O3. The Balaban J connectivity index is 1.62. The molecule has 0 aliphatic carbocycles. The summed E-state index contributed by atoms with van der Waals surface area (Å²) in [7, 11) is 0. The summed E-state index contributed by atoms with van der Waals surface area (Å²) in [6, 6.07) is 7.79. The highest BCUT2D eigenvalue weighted by Gasteiger charge is 2.35. The molecule has 0 spiro atoms. The molecule has 2 heterocycles. The number of carbonyl (C=O) groups excluding carboxylic acids is 2. The molecule has 0 radical (unpaired) electrons. The van der Waals surface area contributed by atoms with Gasteiger partial charge in [-0.2, -0.15) is 0 Å². The molecule has 1 aromatic carbocycles. The van der Waals surface area contributed by atoms with Crippen molar-refractivity contribution >= 4 is 23.4 Å². The molecule has 2 aliphatic heterocycles. The van der Waals surface area contributed by atoms with Crippen LogP contribution in [0.4, 0.5) is 0 Å². The highest BCUT2D eigenvalue weighted by Crippen LogP contribution is 2.24. The maximum absolute atomic E-state index is 12.6. The van der Waals surface area contributed by atoms with E-state index in [1.54, 1.807) is 13.0 Å². The summed E-state index contributed by atoms with van der Waals surface area (Å²) in [4.78, 5) is 28.7. The van der Waals surface area contributed by atoms with Crippen molar-refractivity contribution < 1.29 is 14.3 Å². The van der Waals surface area contributed by atoms with Gasteiger partial charge in [0.2, 0.25) is 11.8 Å². The van der Waals surface area contributed by atoms with Gasteiger partial charge in [0, 0.05) is 44.3 Å². The standard InChI is InChI=1S/C19H25ClN2O3/c1-14(23)22(16-7-10-25-11-8-16)17-6-9-21(13-17)19(24)12-15-4-2-3-5-18(15)20/h2-5,16-17H,6-13H2,1H3. The smallest absolute Gasteiger partial charge is 0.227 e. The van der Waals surface area contributed by atoms with E-state index in [-0.39, 0.29) is 23.9 Å². The molecule has 1 unspecified atom stereocenters. The van der Waals surface area contributed by atoms with Crippen LogP contribution in [0.1, 0.15) is 31.7 Å². The van der Waals surface area contributed by atoms with Crippen molar-refractivity contribution in [1.82, 2.24) is 9.80 Å². The lowest BCUT2D eigenvalue weighted by molar-refractivity contribution is -0.137. The van der Waals surface area contributed by atoms with Gasteiger partial charge >= 0.3 is 0 Å². The third-order valence-electron chi connectivity index (χ3n) is 5.16. The Kier molecular flexibility index (Phi) is 5.97. The largest absolute Gasteiger partial charge is 0.381 e. The molecule has 136 valence electrons. The third-order valence-corrected chi connectivity index (χ3v) is 5.53. The molecule has 0 bridgehead atoms. The van der Waals surface area contributed by atoms with Crippen LogP contribution in [0.3, 0.4) is 0 Å². The lowest BCUT2D eigenvalue weighted by atomic mass is 10.0. The Labute approximate surface area is 153 Å². The van der Waals surface area contributed by atoms with Crippen LogP contribution in [-0.2, 0) is 20.7 Å². The Bertz CT molecular complexity index is 631. The second kappa shape index (κ2) is 8.19. The van der Waals surface area contributed by atoms with Gasteiger partial charge in [0.05, 0.1) is 12.5 Å². The average molecular weight is 365 g/mol. The first-order chi connectivity index (χ1) is 12.1. The van der Waals surface area contributed by atoms with Crippen LogP contribution in [0, 0.1) is 0 Å². The van der Waals surface area contributed by atoms with E-state index in [1.165, 1.54) is 0 Å². The van der Waals surface area contributed by atoms with Gasteiger partial charge in [-0.25, -0.2) is 0 Å². The molecule has 2 fully saturated rings. The Hall–Kier alpha value is -1.59. The van der Waals surface area contributed by atoms with Gasteiger partial charge in [0.25, 0.3) is 0 Å². The van der Waals surface area contributed by atoms with Gasteiger partial charge in [0.1, 0.15) is 0 Å². The van der Waals surface area contributed by atoms with Crippen molar-refractivity contribution in [3.63, 3.8) is 0 Å². The molecule has 0 N–H and O–H groups in total. The molecule has 1 aromatic rings. The maximum atomic E-state index is 12.6. The van der Waals surface area contributed by atoms with Gasteiger partial charge in [0.15, 0.2) is 0 Å². The molecule has 2 amide bonds. The van der Waals surface area contributed by atoms with Crippen LogP contribution >= 0.6 is 11.6 Å². The molecular weight excluding hydrogens is 340 g/mol. The first-order valence-corrected chi connectivity index (χ1v) is 9.32. The summed E-state index contributed by atoms with van der Waals surface area (Å²) in [5.41, 5.74) is 0.852. The molecule has 0 aromatic heterocycles. The van der Waals surface area contributed by atoms with E-state index in [0.29, 0.717) is 37.7 Å². The number of rotatable bonds is 4. The van der Waals surface area contributed by atoms with E-state index >= 15 is 0 Å². The minimum Gasteiger partial charge on any atom is -0.381 e. The Morgan fingerprint density at radius 2 is 1.92 bits per heavy atom. The predicted octanol–water partition coefficient (Wildman–Crippen LogP) is 2.51. The first-order valence-electron chi connectivity index (χ1n) is 8.94. The van der Waals surface area contributed by atoms with Crippen LogP contribution < -0.4 is 0 Å². The maximum Gasteiger partial charge on any atom is 0.227 e. The molecule has 2 aliphatic rings. The lowest BCUT2D eigenvalue weighted by Gasteiger charge is -2.37. The fourth-order valence-electron chi connectivity index (χ4n) is 3.89. The van der Waals surface area contributed by atoms with Crippen LogP contribution in [-0.4, -0.2) is 60.0 Å². The van der Waals surface area contributed by atoms with Gasteiger partial charge in [-0.15, -0.1) is 0 Å². The molecule has 25 heavy (non-hydrogen) atoms. The Morgan fingerprint density at radius 1 is 1.20 bits per heavy atom. The second-order valence-electron chi connectivity index (χ2n) is 6.82. The highest BCUT2D eigenvalue weighted by atomic mass is 35.5. The molecule has 0 saturated carbocycles. The van der Waals surface area contributed by atoms with E-state index < -0.39 is 0 Å². The number of nitrogens with zero attached hydrogens (tertiary/aromatic N) is 2. The fraction of sp³-hybridized carbons (Fsp3) is 0.579. The number of carbonyl (C=O) groups is 2. The van der Waals surface area contributed by atoms with Crippen molar-refractivity contribution in [2.24, 2.45) is 0 Å². The lowest BCUT2D eigenvalue weighted by Crippen LogP contribution is -2.49. The van der Waals surface area contributed by atoms with Crippen molar-refractivity contribution in [3.8, 4) is 0 Å². The van der Waals surface area contributed by atoms with E-state index in [9.17, 15) is 9.59 Å². The second-order valence-corrected chi connectivity index (χ2v) is 7.23. The van der Waals surface area contributed by atoms with E-state index in [2.05, 4.69) is 0 Å². The van der Waals surface area contributed by atoms with Crippen molar-refractivity contribution in [1.29, 1.82) is 0 Å². The van der Waals surface area contributed by atoms with E-state index in [1.807, 2.05) is 28.0 Å². The van der Waals surface area contributed by atoms with Crippen molar-refractivity contribution in [3.05, 3.63) is 34.9 Å². The van der Waals surface area contributed by atoms with E-state index in [4.69, 9.17) is 16.3 Å². The number of hydrogen-bond donors (Lipinski definition) is 0. The number of likely N-dealkylation sites (tertiary alicyclic amines) is 1. The SMILES string of the molecule is CC(=O)N(C1CCOCC1)C1CCN(C(=O)Cc2ccccc2Cl)C1. The fourth-order valence-corrected chi connectivity index (χ4v) is 4.09. The predicted molar refractivity (Wildman–Crippen MR) is 96.5 cm³/mol. The Morgan fingerprint density at radius 3 is 2.60 bits per heavy atom. The molecule has 3 rings (SSSR count). The zero-order valence-corrected chi connectivity index (χ0v) is 15.4. The summed E-state index contributed by atoms with van der Waals surface area (Å²) in [5, 5.41) is 0.624. The zero-order valence-electron chi connectivity index (χ0n) is 14.6. The quantitative estimate of drug-likeness (QED) is 0.824. The molecule has 2 saturated heterocycles. The highest BCUT2D eigenvalue weighted by molar-refractivity contribution is 6.31. The van der Waals surface area contributed by atoms with Crippen LogP contribution in [0.15, 0.2) is 24.3 Å². The van der Waals surface area contributed by atoms with E-state index in [0.717, 1.165) is 24.8 Å². The van der Waals surface area contributed by atoms with Gasteiger partial charge in [-0.3, -0.25) is 9.59 Å². The summed E-state index contributed by atoms with van der Waals surface area (Å²) >= 11 is 6.16. The average Bonchev–Trinajstić information content (AvgIpc) is 3.07. The zero-order chi connectivity index (χ0) is 17.8. The number of ether oxygens (including phenoxy) is 1. The number of benzene rings is 1. The number of hydrogen-bond acceptors (Lipinski definition) is 3. The monoisotopic (exact) mass is 364 g/mol. The molecule has 5 nitrogen and oxygen atoms in total. The summed E-state index contributed by atoms with van der Waals surface area (Å²) in [5.74, 6) is 0.170. The summed E-state index contributed by atoms with van der Waals surface area (Å²) < 4.78 is 5.41. The van der Waals surface area contributed by atoms with Crippen molar-refractivity contribution in [2.45, 2.75) is 44.7 Å². The summed E-state index contributed by atoms with van der Waals surface area (Å²) in [6.07, 6.45) is 2.90. The van der Waals surface area contributed by atoms with Crippen LogP contribution in [0.2, 0.25) is 5.02 Å². The van der Waals surface area contributed by atoms with Crippen molar-refractivity contribution in [2.75, 3.05) is 26.3 Å². The van der Waals surface area contributed by atoms with Crippen LogP contribution in [0.5, 0.6) is 0 Å². The molecule has 6 heteroatoms. The molecule has 1 atom stereocenters. The first kappa shape index (κ1) is 18.2. The van der Waals surface area contributed by atoms with Gasteiger partial charge in [-0.1, -0.05) is 29.8 Å². The van der Waals surface area contributed by atoms with Gasteiger partial charge < -0.3 is 14.5 Å². The van der Waals surface area contributed by atoms with Crippen LogP contribution in [0.25, 0.3) is 0 Å². The van der Waals surface area contributed by atoms with Gasteiger partial charge in [-0.05, 0) is 30.9 Å². The number of halogens is 1. The number of amides is 2. The summed E-state index contributed by atoms with van der Waals surface area (Å²) in [6.45, 7) is 4.34. The minimum atomic E-state index is 0.0751.